The van der Waals surface area contributed by atoms with Gasteiger partial charge in [0.05, 0.1) is 24.4 Å². The lowest BCUT2D eigenvalue weighted by Gasteiger charge is -2.19. The first kappa shape index (κ1) is 14.3. The second kappa shape index (κ2) is 4.87. The average Bonchev–Trinajstić information content (AvgIpc) is 2.21. The van der Waals surface area contributed by atoms with Crippen molar-refractivity contribution < 1.29 is 26.7 Å². The molecule has 18 heavy (non-hydrogen) atoms. The van der Waals surface area contributed by atoms with Crippen LogP contribution in [0.15, 0.2) is 18.2 Å². The summed E-state index contributed by atoms with van der Waals surface area (Å²) in [5.41, 5.74) is 11.2. The monoisotopic (exact) mass is 270 g/mol. The van der Waals surface area contributed by atoms with E-state index in [1.807, 2.05) is 0 Å². The average molecular weight is 270 g/mol. The van der Waals surface area contributed by atoms with Crippen LogP contribution in [0.25, 0.3) is 0 Å². The summed E-state index contributed by atoms with van der Waals surface area (Å²) in [6.45, 7) is -0.782. The normalized spacial score (nSPS) is 12.5. The Labute approximate surface area is 99.5 Å². The molecule has 0 aromatic heterocycles. The molecule has 0 amide bonds. The fourth-order valence-electron chi connectivity index (χ4n) is 1.08. The number of hydrogen-bond acceptors (Lipinski definition) is 3. The van der Waals surface area contributed by atoms with E-state index < -0.39 is 25.1 Å². The molecule has 0 heterocycles. The zero-order valence-electron chi connectivity index (χ0n) is 9.10. The lowest BCUT2D eigenvalue weighted by atomic mass is 10.2. The van der Waals surface area contributed by atoms with Crippen LogP contribution >= 0.6 is 0 Å². The molecule has 0 radical (unpaired) electrons. The van der Waals surface area contributed by atoms with Crippen LogP contribution < -0.4 is 16.2 Å². The quantitative estimate of drug-likeness (QED) is 0.653. The van der Waals surface area contributed by atoms with Gasteiger partial charge in [-0.2, -0.15) is 22.0 Å². The molecule has 0 atom stereocenters. The van der Waals surface area contributed by atoms with E-state index in [2.05, 4.69) is 0 Å². The van der Waals surface area contributed by atoms with Crippen LogP contribution in [-0.2, 0) is 0 Å². The third-order valence-corrected chi connectivity index (χ3v) is 2.16. The minimum atomic E-state index is -5.57. The maximum absolute atomic E-state index is 12.5. The number of hydrogen-bond donors (Lipinski definition) is 2. The Balaban J connectivity index is 2.54. The van der Waals surface area contributed by atoms with Crippen LogP contribution in [0.2, 0.25) is 0 Å². The molecule has 0 aliphatic rings. The van der Waals surface area contributed by atoms with Gasteiger partial charge < -0.3 is 16.2 Å². The first-order valence-corrected chi connectivity index (χ1v) is 4.86. The van der Waals surface area contributed by atoms with E-state index in [1.165, 1.54) is 18.2 Å². The van der Waals surface area contributed by atoms with Gasteiger partial charge in [-0.25, -0.2) is 0 Å². The predicted molar refractivity (Wildman–Crippen MR) is 56.4 cm³/mol. The number of benzene rings is 1. The summed E-state index contributed by atoms with van der Waals surface area (Å²) in [5.74, 6) is -4.69. The van der Waals surface area contributed by atoms with E-state index in [-0.39, 0.29) is 17.1 Å². The van der Waals surface area contributed by atoms with Crippen molar-refractivity contribution in [3.8, 4) is 5.75 Å². The van der Waals surface area contributed by atoms with Crippen molar-refractivity contribution >= 4 is 11.4 Å². The van der Waals surface area contributed by atoms with Gasteiger partial charge in [-0.15, -0.1) is 0 Å². The van der Waals surface area contributed by atoms with Crippen LogP contribution in [0.4, 0.5) is 33.3 Å². The van der Waals surface area contributed by atoms with E-state index in [9.17, 15) is 22.0 Å². The second-order valence-electron chi connectivity index (χ2n) is 3.59. The van der Waals surface area contributed by atoms with Crippen LogP contribution in [-0.4, -0.2) is 18.7 Å². The molecular formula is C10H11F5N2O. The molecule has 0 aliphatic heterocycles. The van der Waals surface area contributed by atoms with Crippen LogP contribution in [0.1, 0.15) is 6.42 Å². The van der Waals surface area contributed by atoms with Gasteiger partial charge in [0.2, 0.25) is 0 Å². The molecule has 4 N–H and O–H groups in total. The Morgan fingerprint density at radius 3 is 2.11 bits per heavy atom. The lowest BCUT2D eigenvalue weighted by molar-refractivity contribution is -0.285. The Bertz CT molecular complexity index is 419. The Morgan fingerprint density at radius 2 is 1.61 bits per heavy atom. The van der Waals surface area contributed by atoms with Crippen molar-refractivity contribution in [3.05, 3.63) is 18.2 Å². The highest BCUT2D eigenvalue weighted by molar-refractivity contribution is 5.65. The third-order valence-electron chi connectivity index (χ3n) is 2.16. The number of anilines is 2. The fourth-order valence-corrected chi connectivity index (χ4v) is 1.08. The van der Waals surface area contributed by atoms with Crippen molar-refractivity contribution in [1.29, 1.82) is 0 Å². The Morgan fingerprint density at radius 1 is 1.00 bits per heavy atom. The zero-order valence-corrected chi connectivity index (χ0v) is 9.10. The summed E-state index contributed by atoms with van der Waals surface area (Å²) < 4.78 is 65.3. The fraction of sp³-hybridized carbons (Fsp3) is 0.400. The summed E-state index contributed by atoms with van der Waals surface area (Å²) in [4.78, 5) is 0. The first-order chi connectivity index (χ1) is 8.13. The van der Waals surface area contributed by atoms with Crippen molar-refractivity contribution in [2.75, 3.05) is 18.1 Å². The molecule has 3 nitrogen and oxygen atoms in total. The Hall–Kier alpha value is -1.73. The predicted octanol–water partition coefficient (Wildman–Crippen LogP) is 2.82. The maximum Gasteiger partial charge on any atom is 0.453 e. The first-order valence-electron chi connectivity index (χ1n) is 4.86. The largest absolute Gasteiger partial charge is 0.493 e. The van der Waals surface area contributed by atoms with Gasteiger partial charge in [0.1, 0.15) is 5.75 Å². The second-order valence-corrected chi connectivity index (χ2v) is 3.59. The van der Waals surface area contributed by atoms with Gasteiger partial charge in [-0.1, -0.05) is 0 Å². The van der Waals surface area contributed by atoms with Gasteiger partial charge in [-0.05, 0) is 12.1 Å². The van der Waals surface area contributed by atoms with Crippen LogP contribution in [0, 0.1) is 0 Å². The molecule has 0 bridgehead atoms. The Kier molecular flexibility index (Phi) is 3.88. The molecular weight excluding hydrogens is 259 g/mol. The zero-order chi connectivity index (χ0) is 14.0. The summed E-state index contributed by atoms with van der Waals surface area (Å²) in [6.07, 6.45) is -7.03. The van der Waals surface area contributed by atoms with E-state index in [0.717, 1.165) is 0 Å². The smallest absolute Gasteiger partial charge is 0.453 e. The molecule has 8 heteroatoms. The molecule has 1 aromatic carbocycles. The molecule has 1 aromatic rings. The van der Waals surface area contributed by atoms with E-state index in [1.54, 1.807) is 0 Å². The molecule has 102 valence electrons. The highest BCUT2D eigenvalue weighted by Crippen LogP contribution is 2.38. The molecule has 0 aliphatic carbocycles. The standard InChI is InChI=1S/C10H11F5N2O/c11-9(12,10(13,14)15)3-4-18-6-1-2-7(16)8(17)5-6/h1-2,5H,3-4,16-17H2. The summed E-state index contributed by atoms with van der Waals surface area (Å²) in [6, 6.07) is 3.95. The number of halogens is 5. The van der Waals surface area contributed by atoms with Crippen molar-refractivity contribution in [3.63, 3.8) is 0 Å². The highest BCUT2D eigenvalue weighted by atomic mass is 19.4. The minimum Gasteiger partial charge on any atom is -0.493 e. The highest BCUT2D eigenvalue weighted by Gasteiger charge is 2.56. The van der Waals surface area contributed by atoms with Crippen LogP contribution in [0.5, 0.6) is 5.75 Å². The van der Waals surface area contributed by atoms with Gasteiger partial charge in [0.15, 0.2) is 0 Å². The molecule has 0 saturated carbocycles. The number of ether oxygens (including phenoxy) is 1. The molecule has 0 fully saturated rings. The molecule has 0 spiro atoms. The number of nitrogens with two attached hydrogens (primary N) is 2. The van der Waals surface area contributed by atoms with E-state index >= 15 is 0 Å². The van der Waals surface area contributed by atoms with E-state index in [0.29, 0.717) is 0 Å². The van der Waals surface area contributed by atoms with Crippen molar-refractivity contribution in [1.82, 2.24) is 0 Å². The lowest BCUT2D eigenvalue weighted by Crippen LogP contribution is -2.37. The summed E-state index contributed by atoms with van der Waals surface area (Å²) in [5, 5.41) is 0. The summed E-state index contributed by atoms with van der Waals surface area (Å²) in [7, 11) is 0. The maximum atomic E-state index is 12.5. The molecule has 1 rings (SSSR count). The van der Waals surface area contributed by atoms with E-state index in [4.69, 9.17) is 16.2 Å². The van der Waals surface area contributed by atoms with Crippen LogP contribution in [0.3, 0.4) is 0 Å². The minimum absolute atomic E-state index is 0.0830. The van der Waals surface area contributed by atoms with Gasteiger partial charge in [-0.3, -0.25) is 0 Å². The van der Waals surface area contributed by atoms with Crippen molar-refractivity contribution in [2.24, 2.45) is 0 Å². The van der Waals surface area contributed by atoms with Gasteiger partial charge >= 0.3 is 12.1 Å². The molecule has 0 saturated heterocycles. The number of nitrogen functional groups attached to an aromatic ring is 2. The SMILES string of the molecule is Nc1ccc(OCCC(F)(F)C(F)(F)F)cc1N. The topological polar surface area (TPSA) is 61.3 Å². The number of rotatable bonds is 4. The third kappa shape index (κ3) is 3.38. The molecule has 0 unspecified atom stereocenters. The number of alkyl halides is 5. The van der Waals surface area contributed by atoms with Gasteiger partial charge in [0, 0.05) is 6.07 Å². The van der Waals surface area contributed by atoms with Gasteiger partial charge in [0.25, 0.3) is 0 Å². The summed E-state index contributed by atoms with van der Waals surface area (Å²) >= 11 is 0. The van der Waals surface area contributed by atoms with Crippen molar-refractivity contribution in [2.45, 2.75) is 18.5 Å².